The zero-order chi connectivity index (χ0) is 14.5. The lowest BCUT2D eigenvalue weighted by Gasteiger charge is -2.18. The van der Waals surface area contributed by atoms with Gasteiger partial charge in [0.05, 0.1) is 6.10 Å². The molecule has 2 atom stereocenters. The van der Waals surface area contributed by atoms with Crippen LogP contribution in [0.4, 0.5) is 4.39 Å². The molecule has 0 spiro atoms. The normalized spacial score (nSPS) is 14.0. The lowest BCUT2D eigenvalue weighted by molar-refractivity contribution is 0.170. The zero-order valence-electron chi connectivity index (χ0n) is 11.2. The molecule has 0 saturated carbocycles. The number of benzene rings is 2. The Bertz CT molecular complexity index is 562. The highest BCUT2D eigenvalue weighted by atomic mass is 79.9. The first-order chi connectivity index (χ1) is 9.58. The molecule has 0 radical (unpaired) electrons. The first-order valence-corrected chi connectivity index (χ1v) is 7.28. The first-order valence-electron chi connectivity index (χ1n) is 6.49. The fourth-order valence-corrected chi connectivity index (χ4v) is 2.42. The van der Waals surface area contributed by atoms with Gasteiger partial charge in [0.1, 0.15) is 5.82 Å². The van der Waals surface area contributed by atoms with Crippen LogP contribution in [-0.2, 0) is 0 Å². The largest absolute Gasteiger partial charge is 0.387 e. The Kier molecular flexibility index (Phi) is 5.29. The van der Waals surface area contributed by atoms with E-state index in [9.17, 15) is 9.50 Å². The molecule has 106 valence electrons. The second-order valence-electron chi connectivity index (χ2n) is 4.72. The van der Waals surface area contributed by atoms with Crippen molar-refractivity contribution >= 4 is 15.9 Å². The molecule has 20 heavy (non-hydrogen) atoms. The Labute approximate surface area is 126 Å². The summed E-state index contributed by atoms with van der Waals surface area (Å²) < 4.78 is 14.6. The summed E-state index contributed by atoms with van der Waals surface area (Å²) in [5.41, 5.74) is 1.43. The number of rotatable bonds is 5. The molecule has 0 aromatic heterocycles. The molecular weight excluding hydrogens is 321 g/mol. The van der Waals surface area contributed by atoms with Crippen LogP contribution >= 0.6 is 15.9 Å². The molecular formula is C16H17BrFNO. The second kappa shape index (κ2) is 6.97. The molecule has 2 aromatic carbocycles. The van der Waals surface area contributed by atoms with Crippen LogP contribution in [0.15, 0.2) is 53.0 Å². The average Bonchev–Trinajstić information content (AvgIpc) is 2.47. The van der Waals surface area contributed by atoms with Crippen LogP contribution in [0.5, 0.6) is 0 Å². The van der Waals surface area contributed by atoms with Crippen LogP contribution in [-0.4, -0.2) is 11.7 Å². The fraction of sp³-hybridized carbons (Fsp3) is 0.250. The molecule has 2 unspecified atom stereocenters. The van der Waals surface area contributed by atoms with Crippen molar-refractivity contribution in [3.8, 4) is 0 Å². The molecule has 2 N–H and O–H groups in total. The van der Waals surface area contributed by atoms with Crippen LogP contribution < -0.4 is 5.32 Å². The van der Waals surface area contributed by atoms with E-state index in [0.29, 0.717) is 12.1 Å². The fourth-order valence-electron chi connectivity index (χ4n) is 2.04. The molecule has 2 aromatic rings. The van der Waals surface area contributed by atoms with Gasteiger partial charge in [-0.05, 0) is 30.7 Å². The van der Waals surface area contributed by atoms with Crippen molar-refractivity contribution < 1.29 is 9.50 Å². The van der Waals surface area contributed by atoms with Crippen molar-refractivity contribution in [2.75, 3.05) is 6.54 Å². The molecule has 2 rings (SSSR count). The maximum atomic E-state index is 13.7. The van der Waals surface area contributed by atoms with Gasteiger partial charge < -0.3 is 10.4 Å². The molecule has 0 fully saturated rings. The molecule has 0 aliphatic heterocycles. The van der Waals surface area contributed by atoms with Gasteiger partial charge in [-0.1, -0.05) is 46.3 Å². The Morgan fingerprint density at radius 2 is 1.90 bits per heavy atom. The topological polar surface area (TPSA) is 32.3 Å². The highest BCUT2D eigenvalue weighted by Gasteiger charge is 2.13. The van der Waals surface area contributed by atoms with E-state index in [4.69, 9.17) is 0 Å². The van der Waals surface area contributed by atoms with Gasteiger partial charge in [0.25, 0.3) is 0 Å². The predicted octanol–water partition coefficient (Wildman–Crippen LogP) is 3.97. The third-order valence-electron chi connectivity index (χ3n) is 3.23. The highest BCUT2D eigenvalue weighted by molar-refractivity contribution is 9.10. The van der Waals surface area contributed by atoms with Gasteiger partial charge >= 0.3 is 0 Å². The van der Waals surface area contributed by atoms with E-state index < -0.39 is 6.10 Å². The van der Waals surface area contributed by atoms with Gasteiger partial charge in [0, 0.05) is 22.6 Å². The summed E-state index contributed by atoms with van der Waals surface area (Å²) >= 11 is 3.34. The van der Waals surface area contributed by atoms with Crippen molar-refractivity contribution in [1.82, 2.24) is 5.32 Å². The second-order valence-corrected chi connectivity index (χ2v) is 5.64. The van der Waals surface area contributed by atoms with E-state index >= 15 is 0 Å². The number of hydrogen-bond acceptors (Lipinski definition) is 2. The summed E-state index contributed by atoms with van der Waals surface area (Å²) in [6, 6.07) is 14.1. The number of hydrogen-bond donors (Lipinski definition) is 2. The Morgan fingerprint density at radius 1 is 1.20 bits per heavy atom. The minimum atomic E-state index is -0.603. The average molecular weight is 338 g/mol. The maximum Gasteiger partial charge on any atom is 0.128 e. The quantitative estimate of drug-likeness (QED) is 0.865. The number of aliphatic hydroxyl groups is 1. The highest BCUT2D eigenvalue weighted by Crippen LogP contribution is 2.22. The van der Waals surface area contributed by atoms with E-state index in [1.54, 1.807) is 12.1 Å². The van der Waals surface area contributed by atoms with Crippen molar-refractivity contribution in [3.05, 3.63) is 69.9 Å². The van der Waals surface area contributed by atoms with Gasteiger partial charge in [-0.15, -0.1) is 0 Å². The minimum absolute atomic E-state index is 0.175. The smallest absolute Gasteiger partial charge is 0.128 e. The van der Waals surface area contributed by atoms with Gasteiger partial charge in [-0.2, -0.15) is 0 Å². The molecule has 0 aliphatic carbocycles. The lowest BCUT2D eigenvalue weighted by Crippen LogP contribution is -2.25. The monoisotopic (exact) mass is 337 g/mol. The summed E-state index contributed by atoms with van der Waals surface area (Å²) in [5, 5.41) is 13.2. The number of halogens is 2. The number of aliphatic hydroxyl groups excluding tert-OH is 1. The molecule has 0 saturated heterocycles. The molecule has 0 aliphatic rings. The van der Waals surface area contributed by atoms with Gasteiger partial charge in [0.2, 0.25) is 0 Å². The van der Waals surface area contributed by atoms with Gasteiger partial charge in [-0.3, -0.25) is 0 Å². The summed E-state index contributed by atoms with van der Waals surface area (Å²) in [4.78, 5) is 0. The standard InChI is InChI=1S/C16H17BrFNO/c1-11(14-9-13(17)7-8-15(14)18)19-10-16(20)12-5-3-2-4-6-12/h2-9,11,16,19-20H,10H2,1H3. The SMILES string of the molecule is CC(NCC(O)c1ccccc1)c1cc(Br)ccc1F. The summed E-state index contributed by atoms with van der Waals surface area (Å²) in [7, 11) is 0. The van der Waals surface area contributed by atoms with Crippen molar-refractivity contribution in [3.63, 3.8) is 0 Å². The predicted molar refractivity (Wildman–Crippen MR) is 81.9 cm³/mol. The molecule has 0 heterocycles. The van der Waals surface area contributed by atoms with Crippen LogP contribution in [0.1, 0.15) is 30.2 Å². The van der Waals surface area contributed by atoms with E-state index in [1.807, 2.05) is 37.3 Å². The van der Waals surface area contributed by atoms with E-state index in [0.717, 1.165) is 10.0 Å². The van der Waals surface area contributed by atoms with Crippen molar-refractivity contribution in [1.29, 1.82) is 0 Å². The van der Waals surface area contributed by atoms with Crippen molar-refractivity contribution in [2.45, 2.75) is 19.1 Å². The Morgan fingerprint density at radius 3 is 2.60 bits per heavy atom. The molecule has 4 heteroatoms. The molecule has 2 nitrogen and oxygen atoms in total. The lowest BCUT2D eigenvalue weighted by atomic mass is 10.1. The van der Waals surface area contributed by atoms with Gasteiger partial charge in [-0.25, -0.2) is 4.39 Å². The minimum Gasteiger partial charge on any atom is -0.387 e. The summed E-state index contributed by atoms with van der Waals surface area (Å²) in [5.74, 6) is -0.248. The van der Waals surface area contributed by atoms with E-state index in [1.165, 1.54) is 6.07 Å². The first kappa shape index (κ1) is 15.2. The van der Waals surface area contributed by atoms with E-state index in [-0.39, 0.29) is 11.9 Å². The third-order valence-corrected chi connectivity index (χ3v) is 3.72. The van der Waals surface area contributed by atoms with Crippen molar-refractivity contribution in [2.24, 2.45) is 0 Å². The maximum absolute atomic E-state index is 13.7. The van der Waals surface area contributed by atoms with Crippen LogP contribution in [0.25, 0.3) is 0 Å². The van der Waals surface area contributed by atoms with Crippen LogP contribution in [0.3, 0.4) is 0 Å². The Hall–Kier alpha value is -1.23. The third kappa shape index (κ3) is 3.88. The van der Waals surface area contributed by atoms with E-state index in [2.05, 4.69) is 21.2 Å². The number of nitrogens with one attached hydrogen (secondary N) is 1. The summed E-state index contributed by atoms with van der Waals surface area (Å²) in [6.45, 7) is 2.25. The summed E-state index contributed by atoms with van der Waals surface area (Å²) in [6.07, 6.45) is -0.603. The Balaban J connectivity index is 1.98. The van der Waals surface area contributed by atoms with Gasteiger partial charge in [0.15, 0.2) is 0 Å². The van der Waals surface area contributed by atoms with Crippen LogP contribution in [0.2, 0.25) is 0 Å². The molecule has 0 amide bonds. The van der Waals surface area contributed by atoms with Crippen LogP contribution in [0, 0.1) is 5.82 Å². The molecule has 0 bridgehead atoms. The zero-order valence-corrected chi connectivity index (χ0v) is 12.8.